The highest BCUT2D eigenvalue weighted by Crippen LogP contribution is 2.22. The Morgan fingerprint density at radius 3 is 2.35 bits per heavy atom. The average molecular weight is 359 g/mol. The van der Waals surface area contributed by atoms with E-state index < -0.39 is 15.8 Å². The van der Waals surface area contributed by atoms with E-state index in [4.69, 9.17) is 5.73 Å². The highest BCUT2D eigenvalue weighted by molar-refractivity contribution is 9.10. The van der Waals surface area contributed by atoms with Gasteiger partial charge < -0.3 is 5.73 Å². The van der Waals surface area contributed by atoms with E-state index >= 15 is 0 Å². The lowest BCUT2D eigenvalue weighted by atomic mass is 10.2. The molecule has 0 aromatic heterocycles. The summed E-state index contributed by atoms with van der Waals surface area (Å²) in [6.07, 6.45) is 0. The fourth-order valence-electron chi connectivity index (χ4n) is 1.58. The van der Waals surface area contributed by atoms with Gasteiger partial charge in [-0.05, 0) is 35.9 Å². The molecule has 0 saturated carbocycles. The molecule has 4 nitrogen and oxygen atoms in total. The summed E-state index contributed by atoms with van der Waals surface area (Å²) in [5.74, 6) is -0.651. The number of rotatable bonds is 4. The number of hydrogen-bond donors (Lipinski definition) is 2. The molecule has 2 rings (SSSR count). The van der Waals surface area contributed by atoms with Crippen molar-refractivity contribution >= 4 is 31.6 Å². The number of hydrogen-bond acceptors (Lipinski definition) is 3. The Balaban J connectivity index is 2.30. The van der Waals surface area contributed by atoms with Crippen molar-refractivity contribution in [2.75, 3.05) is 4.72 Å². The van der Waals surface area contributed by atoms with Gasteiger partial charge in [0.15, 0.2) is 0 Å². The van der Waals surface area contributed by atoms with Crippen LogP contribution in [-0.2, 0) is 16.6 Å². The highest BCUT2D eigenvalue weighted by Gasteiger charge is 2.16. The van der Waals surface area contributed by atoms with Gasteiger partial charge in [-0.2, -0.15) is 0 Å². The van der Waals surface area contributed by atoms with Crippen LogP contribution in [0.2, 0.25) is 0 Å². The Morgan fingerprint density at radius 2 is 1.80 bits per heavy atom. The summed E-state index contributed by atoms with van der Waals surface area (Å²) in [7, 11) is -3.82. The van der Waals surface area contributed by atoms with Crippen molar-refractivity contribution in [3.8, 4) is 0 Å². The van der Waals surface area contributed by atoms with E-state index in [0.717, 1.165) is 5.56 Å². The summed E-state index contributed by atoms with van der Waals surface area (Å²) in [6, 6.07) is 10.2. The van der Waals surface area contributed by atoms with Crippen molar-refractivity contribution in [1.82, 2.24) is 0 Å². The van der Waals surface area contributed by atoms with Crippen molar-refractivity contribution in [3.63, 3.8) is 0 Å². The minimum Gasteiger partial charge on any atom is -0.326 e. The first-order valence-electron chi connectivity index (χ1n) is 5.69. The van der Waals surface area contributed by atoms with Crippen LogP contribution < -0.4 is 10.5 Å². The first-order valence-corrected chi connectivity index (χ1v) is 7.97. The average Bonchev–Trinajstić information content (AvgIpc) is 2.42. The quantitative estimate of drug-likeness (QED) is 0.882. The Labute approximate surface area is 125 Å². The molecule has 0 spiro atoms. The molecule has 0 radical (unpaired) electrons. The second-order valence-corrected chi connectivity index (χ2v) is 6.68. The second kappa shape index (κ2) is 5.90. The van der Waals surface area contributed by atoms with Gasteiger partial charge in [0.1, 0.15) is 5.82 Å². The molecule has 0 bridgehead atoms. The zero-order chi connectivity index (χ0) is 14.8. The zero-order valence-corrected chi connectivity index (χ0v) is 12.7. The molecule has 7 heteroatoms. The molecule has 106 valence electrons. The number of anilines is 1. The predicted molar refractivity (Wildman–Crippen MR) is 79.2 cm³/mol. The lowest BCUT2D eigenvalue weighted by Gasteiger charge is -2.09. The molecule has 0 amide bonds. The van der Waals surface area contributed by atoms with Crippen molar-refractivity contribution in [3.05, 3.63) is 58.3 Å². The monoisotopic (exact) mass is 358 g/mol. The van der Waals surface area contributed by atoms with Crippen LogP contribution in [0.15, 0.2) is 51.8 Å². The first kappa shape index (κ1) is 15.0. The lowest BCUT2D eigenvalue weighted by Crippen LogP contribution is -2.14. The van der Waals surface area contributed by atoms with Crippen LogP contribution in [0.25, 0.3) is 0 Å². The highest BCUT2D eigenvalue weighted by atomic mass is 79.9. The molecule has 0 aliphatic heterocycles. The van der Waals surface area contributed by atoms with E-state index in [2.05, 4.69) is 20.7 Å². The molecule has 0 aliphatic rings. The smallest absolute Gasteiger partial charge is 0.261 e. The number of sulfonamides is 1. The molecule has 0 heterocycles. The third-order valence-electron chi connectivity index (χ3n) is 2.64. The van der Waals surface area contributed by atoms with Crippen LogP contribution in [0.4, 0.5) is 10.1 Å². The van der Waals surface area contributed by atoms with E-state index in [1.807, 2.05) is 0 Å². The minimum absolute atomic E-state index is 0.0528. The molecular formula is C13H12BrFN2O2S. The summed E-state index contributed by atoms with van der Waals surface area (Å²) in [6.45, 7) is 0.328. The van der Waals surface area contributed by atoms with Gasteiger partial charge in [-0.15, -0.1) is 0 Å². The summed E-state index contributed by atoms with van der Waals surface area (Å²) >= 11 is 3.11. The molecule has 3 N–H and O–H groups in total. The molecule has 0 saturated heterocycles. The van der Waals surface area contributed by atoms with Crippen molar-refractivity contribution in [2.45, 2.75) is 11.4 Å². The maximum atomic E-state index is 13.6. The second-order valence-electron chi connectivity index (χ2n) is 4.08. The van der Waals surface area contributed by atoms with E-state index in [1.165, 1.54) is 24.3 Å². The predicted octanol–water partition coefficient (Wildman–Crippen LogP) is 2.85. The van der Waals surface area contributed by atoms with E-state index in [9.17, 15) is 12.8 Å². The standard InChI is InChI=1S/C13H12BrFN2O2S/c14-10-3-6-13(12(15)7-10)17-20(18,19)11-4-1-9(8-16)2-5-11/h1-7,17H,8,16H2. The summed E-state index contributed by atoms with van der Waals surface area (Å²) in [5, 5.41) is 0. The van der Waals surface area contributed by atoms with Crippen molar-refractivity contribution in [1.29, 1.82) is 0 Å². The van der Waals surface area contributed by atoms with Crippen molar-refractivity contribution in [2.24, 2.45) is 5.73 Å². The van der Waals surface area contributed by atoms with Crippen molar-refractivity contribution < 1.29 is 12.8 Å². The van der Waals surface area contributed by atoms with E-state index in [-0.39, 0.29) is 10.6 Å². The number of benzene rings is 2. The zero-order valence-electron chi connectivity index (χ0n) is 10.3. The van der Waals surface area contributed by atoms with Gasteiger partial charge in [0.25, 0.3) is 10.0 Å². The number of nitrogens with two attached hydrogens (primary N) is 1. The summed E-state index contributed by atoms with van der Waals surface area (Å²) < 4.78 is 40.6. The topological polar surface area (TPSA) is 72.2 Å². The molecule has 0 fully saturated rings. The molecule has 0 atom stereocenters. The fourth-order valence-corrected chi connectivity index (χ4v) is 2.98. The number of nitrogens with one attached hydrogen (secondary N) is 1. The third-order valence-corrected chi connectivity index (χ3v) is 4.52. The Morgan fingerprint density at radius 1 is 1.15 bits per heavy atom. The van der Waals surface area contributed by atoms with Gasteiger partial charge in [-0.25, -0.2) is 12.8 Å². The Bertz CT molecular complexity index is 718. The number of halogens is 2. The maximum Gasteiger partial charge on any atom is 0.261 e. The van der Waals surface area contributed by atoms with Gasteiger partial charge in [0.2, 0.25) is 0 Å². The molecular weight excluding hydrogens is 347 g/mol. The SMILES string of the molecule is NCc1ccc(S(=O)(=O)Nc2ccc(Br)cc2F)cc1. The van der Waals surface area contributed by atoms with Crippen LogP contribution in [0.5, 0.6) is 0 Å². The Hall–Kier alpha value is -1.44. The molecule has 2 aromatic rings. The Kier molecular flexibility index (Phi) is 4.42. The minimum atomic E-state index is -3.82. The normalized spacial score (nSPS) is 11.3. The first-order chi connectivity index (χ1) is 9.42. The van der Waals surface area contributed by atoms with Gasteiger partial charge in [-0.1, -0.05) is 28.1 Å². The molecule has 0 aliphatic carbocycles. The van der Waals surface area contributed by atoms with Crippen LogP contribution in [-0.4, -0.2) is 8.42 Å². The summed E-state index contributed by atoms with van der Waals surface area (Å²) in [4.78, 5) is 0.0528. The van der Waals surface area contributed by atoms with E-state index in [0.29, 0.717) is 11.0 Å². The lowest BCUT2D eigenvalue weighted by molar-refractivity contribution is 0.598. The van der Waals surface area contributed by atoms with Crippen LogP contribution in [0, 0.1) is 5.82 Å². The van der Waals surface area contributed by atoms with E-state index in [1.54, 1.807) is 18.2 Å². The molecule has 2 aromatic carbocycles. The fraction of sp³-hybridized carbons (Fsp3) is 0.0769. The van der Waals surface area contributed by atoms with Gasteiger partial charge in [0.05, 0.1) is 10.6 Å². The van der Waals surface area contributed by atoms with Gasteiger partial charge in [-0.3, -0.25) is 4.72 Å². The van der Waals surface area contributed by atoms with Gasteiger partial charge in [0, 0.05) is 11.0 Å². The molecule has 0 unspecified atom stereocenters. The van der Waals surface area contributed by atoms with Crippen LogP contribution in [0.3, 0.4) is 0 Å². The third kappa shape index (κ3) is 3.36. The van der Waals surface area contributed by atoms with Crippen LogP contribution in [0.1, 0.15) is 5.56 Å². The summed E-state index contributed by atoms with van der Waals surface area (Å²) in [5.41, 5.74) is 6.16. The van der Waals surface area contributed by atoms with Crippen LogP contribution >= 0.6 is 15.9 Å². The maximum absolute atomic E-state index is 13.6. The largest absolute Gasteiger partial charge is 0.326 e. The molecule has 20 heavy (non-hydrogen) atoms. The van der Waals surface area contributed by atoms with Gasteiger partial charge >= 0.3 is 0 Å².